The van der Waals surface area contributed by atoms with Crippen molar-refractivity contribution in [3.05, 3.63) is 35.4 Å². The minimum atomic E-state index is -0.154. The Kier molecular flexibility index (Phi) is 4.23. The van der Waals surface area contributed by atoms with Crippen molar-refractivity contribution in [2.24, 2.45) is 5.73 Å². The standard InChI is InChI=1S/C13H18N2OS/c1-13(2,3)10-6-4-9(5-7-10)12(16)15-8-11(14)17/h4-7H,8H2,1-3H3,(H2,14,17)(H,15,16). The summed E-state index contributed by atoms with van der Waals surface area (Å²) in [4.78, 5) is 12.0. The molecule has 0 atom stereocenters. The smallest absolute Gasteiger partial charge is 0.251 e. The first-order valence-corrected chi connectivity index (χ1v) is 5.88. The summed E-state index contributed by atoms with van der Waals surface area (Å²) in [5.41, 5.74) is 7.23. The number of nitrogens with one attached hydrogen (secondary N) is 1. The molecule has 0 saturated carbocycles. The summed E-state index contributed by atoms with van der Waals surface area (Å²) >= 11 is 4.70. The fourth-order valence-electron chi connectivity index (χ4n) is 1.39. The Balaban J connectivity index is 2.74. The highest BCUT2D eigenvalue weighted by molar-refractivity contribution is 7.80. The van der Waals surface area contributed by atoms with Gasteiger partial charge in [-0.15, -0.1) is 0 Å². The molecule has 1 rings (SSSR count). The predicted octanol–water partition coefficient (Wildman–Crippen LogP) is 2.00. The van der Waals surface area contributed by atoms with Crippen LogP contribution in [0.15, 0.2) is 24.3 Å². The van der Waals surface area contributed by atoms with Crippen LogP contribution in [-0.2, 0) is 5.41 Å². The molecule has 3 nitrogen and oxygen atoms in total. The average molecular weight is 250 g/mol. The lowest BCUT2D eigenvalue weighted by Crippen LogP contribution is -2.32. The molecule has 17 heavy (non-hydrogen) atoms. The summed E-state index contributed by atoms with van der Waals surface area (Å²) in [6.45, 7) is 6.63. The number of rotatable bonds is 3. The van der Waals surface area contributed by atoms with E-state index in [1.807, 2.05) is 24.3 Å². The van der Waals surface area contributed by atoms with Crippen LogP contribution in [0.5, 0.6) is 0 Å². The van der Waals surface area contributed by atoms with Crippen molar-refractivity contribution in [2.45, 2.75) is 26.2 Å². The number of hydrogen-bond donors (Lipinski definition) is 2. The third kappa shape index (κ3) is 4.15. The molecule has 3 N–H and O–H groups in total. The van der Waals surface area contributed by atoms with E-state index in [1.54, 1.807) is 0 Å². The summed E-state index contributed by atoms with van der Waals surface area (Å²) < 4.78 is 0. The Hall–Kier alpha value is -1.42. The molecule has 92 valence electrons. The van der Waals surface area contributed by atoms with Gasteiger partial charge in [0.25, 0.3) is 5.91 Å². The topological polar surface area (TPSA) is 55.1 Å². The van der Waals surface area contributed by atoms with Gasteiger partial charge in [-0.2, -0.15) is 0 Å². The lowest BCUT2D eigenvalue weighted by atomic mass is 9.87. The van der Waals surface area contributed by atoms with Crippen LogP contribution >= 0.6 is 12.2 Å². The van der Waals surface area contributed by atoms with Gasteiger partial charge >= 0.3 is 0 Å². The molecule has 0 aliphatic rings. The lowest BCUT2D eigenvalue weighted by Gasteiger charge is -2.19. The molecular formula is C13H18N2OS. The maximum Gasteiger partial charge on any atom is 0.251 e. The Labute approximate surface area is 107 Å². The first kappa shape index (κ1) is 13.6. The van der Waals surface area contributed by atoms with Gasteiger partial charge in [-0.25, -0.2) is 0 Å². The Morgan fingerprint density at radius 2 is 1.82 bits per heavy atom. The van der Waals surface area contributed by atoms with Crippen LogP contribution in [0, 0.1) is 0 Å². The van der Waals surface area contributed by atoms with Crippen LogP contribution in [-0.4, -0.2) is 17.4 Å². The fraction of sp³-hybridized carbons (Fsp3) is 0.385. The van der Waals surface area contributed by atoms with Gasteiger partial charge in [0.15, 0.2) is 0 Å². The number of hydrogen-bond acceptors (Lipinski definition) is 2. The zero-order valence-corrected chi connectivity index (χ0v) is 11.2. The summed E-state index contributed by atoms with van der Waals surface area (Å²) in [5.74, 6) is -0.154. The molecule has 0 unspecified atom stereocenters. The van der Waals surface area contributed by atoms with Crippen molar-refractivity contribution in [3.8, 4) is 0 Å². The van der Waals surface area contributed by atoms with Crippen LogP contribution in [0.4, 0.5) is 0 Å². The van der Waals surface area contributed by atoms with Crippen LogP contribution in [0.3, 0.4) is 0 Å². The summed E-state index contributed by atoms with van der Waals surface area (Å²) in [7, 11) is 0. The minimum absolute atomic E-state index is 0.0911. The second-order valence-corrected chi connectivity index (χ2v) is 5.50. The summed E-state index contributed by atoms with van der Waals surface area (Å²) in [5, 5.41) is 2.65. The highest BCUT2D eigenvalue weighted by Crippen LogP contribution is 2.22. The number of benzene rings is 1. The van der Waals surface area contributed by atoms with Crippen molar-refractivity contribution in [1.82, 2.24) is 5.32 Å². The highest BCUT2D eigenvalue weighted by atomic mass is 32.1. The molecule has 0 fully saturated rings. The predicted molar refractivity (Wildman–Crippen MR) is 74.3 cm³/mol. The molecule has 0 spiro atoms. The molecular weight excluding hydrogens is 232 g/mol. The zero-order valence-electron chi connectivity index (χ0n) is 10.4. The first-order valence-electron chi connectivity index (χ1n) is 5.48. The van der Waals surface area contributed by atoms with Gasteiger partial charge in [0, 0.05) is 5.56 Å². The number of carbonyl (C=O) groups is 1. The Bertz CT molecular complexity index is 418. The molecule has 4 heteroatoms. The molecule has 0 aromatic heterocycles. The third-order valence-electron chi connectivity index (χ3n) is 2.44. The van der Waals surface area contributed by atoms with Crippen molar-refractivity contribution in [2.75, 3.05) is 6.54 Å². The largest absolute Gasteiger partial charge is 0.392 e. The number of amides is 1. The lowest BCUT2D eigenvalue weighted by molar-refractivity contribution is 0.0959. The molecule has 0 aliphatic heterocycles. The third-order valence-corrected chi connectivity index (χ3v) is 2.58. The van der Waals surface area contributed by atoms with Gasteiger partial charge < -0.3 is 11.1 Å². The van der Waals surface area contributed by atoms with Crippen molar-refractivity contribution >= 4 is 23.1 Å². The Morgan fingerprint density at radius 1 is 1.29 bits per heavy atom. The van der Waals surface area contributed by atoms with Crippen molar-refractivity contribution < 1.29 is 4.79 Å². The van der Waals surface area contributed by atoms with Gasteiger partial charge in [0.1, 0.15) is 0 Å². The van der Waals surface area contributed by atoms with Gasteiger partial charge in [-0.3, -0.25) is 4.79 Å². The summed E-state index contributed by atoms with van der Waals surface area (Å²) in [6.07, 6.45) is 0. The number of thiocarbonyl (C=S) groups is 1. The Morgan fingerprint density at radius 3 is 2.24 bits per heavy atom. The molecule has 0 bridgehead atoms. The highest BCUT2D eigenvalue weighted by Gasteiger charge is 2.14. The second kappa shape index (κ2) is 5.27. The van der Waals surface area contributed by atoms with E-state index in [9.17, 15) is 4.79 Å². The molecule has 1 aromatic rings. The first-order chi connectivity index (χ1) is 7.80. The van der Waals surface area contributed by atoms with Crippen molar-refractivity contribution in [1.29, 1.82) is 0 Å². The number of nitrogens with two attached hydrogens (primary N) is 1. The fourth-order valence-corrected chi connectivity index (χ4v) is 1.46. The van der Waals surface area contributed by atoms with Crippen molar-refractivity contribution in [3.63, 3.8) is 0 Å². The monoisotopic (exact) mass is 250 g/mol. The summed E-state index contributed by atoms with van der Waals surface area (Å²) in [6, 6.07) is 7.57. The van der Waals surface area contributed by atoms with Crippen LogP contribution < -0.4 is 11.1 Å². The quantitative estimate of drug-likeness (QED) is 0.807. The van der Waals surface area contributed by atoms with E-state index >= 15 is 0 Å². The van der Waals surface area contributed by atoms with Crippen LogP contribution in [0.2, 0.25) is 0 Å². The molecule has 0 aliphatic carbocycles. The maximum absolute atomic E-state index is 11.7. The SMILES string of the molecule is CC(C)(C)c1ccc(C(=O)NCC(N)=S)cc1. The molecule has 1 aromatic carbocycles. The number of carbonyl (C=O) groups excluding carboxylic acids is 1. The molecule has 1 amide bonds. The van der Waals surface area contributed by atoms with Gasteiger partial charge in [0.05, 0.1) is 11.5 Å². The molecule has 0 heterocycles. The van der Waals surface area contributed by atoms with Gasteiger partial charge in [0.2, 0.25) is 0 Å². The van der Waals surface area contributed by atoms with Gasteiger partial charge in [-0.1, -0.05) is 45.1 Å². The second-order valence-electron chi connectivity index (χ2n) is 4.98. The normalized spacial score (nSPS) is 11.0. The molecule has 0 saturated heterocycles. The molecule has 0 radical (unpaired) electrons. The van der Waals surface area contributed by atoms with Gasteiger partial charge in [-0.05, 0) is 23.1 Å². The van der Waals surface area contributed by atoms with E-state index < -0.39 is 0 Å². The van der Waals surface area contributed by atoms with E-state index in [4.69, 9.17) is 18.0 Å². The van der Waals surface area contributed by atoms with E-state index in [2.05, 4.69) is 26.1 Å². The van der Waals surface area contributed by atoms with E-state index in [0.29, 0.717) is 5.56 Å². The van der Waals surface area contributed by atoms with E-state index in [1.165, 1.54) is 5.56 Å². The zero-order chi connectivity index (χ0) is 13.1. The van der Waals surface area contributed by atoms with E-state index in [0.717, 1.165) is 0 Å². The minimum Gasteiger partial charge on any atom is -0.392 e. The average Bonchev–Trinajstić information content (AvgIpc) is 2.25. The van der Waals surface area contributed by atoms with Crippen LogP contribution in [0.25, 0.3) is 0 Å². The maximum atomic E-state index is 11.7. The van der Waals surface area contributed by atoms with Crippen LogP contribution in [0.1, 0.15) is 36.7 Å². The van der Waals surface area contributed by atoms with E-state index in [-0.39, 0.29) is 22.9 Å².